The van der Waals surface area contributed by atoms with Gasteiger partial charge in [0.2, 0.25) is 0 Å². The van der Waals surface area contributed by atoms with Crippen molar-refractivity contribution in [1.82, 2.24) is 5.32 Å². The Balaban J connectivity index is 1.58. The van der Waals surface area contributed by atoms with Crippen molar-refractivity contribution >= 4 is 23.1 Å². The highest BCUT2D eigenvalue weighted by Gasteiger charge is 2.41. The maximum Gasteiger partial charge on any atom is 0.418 e. The lowest BCUT2D eigenvalue weighted by molar-refractivity contribution is -0.137. The first-order valence-corrected chi connectivity index (χ1v) is 13.1. The molecule has 1 amide bonds. The van der Waals surface area contributed by atoms with Gasteiger partial charge in [0.25, 0.3) is 5.91 Å². The summed E-state index contributed by atoms with van der Waals surface area (Å²) in [5.41, 5.74) is 3.42. The molecule has 40 heavy (non-hydrogen) atoms. The van der Waals surface area contributed by atoms with E-state index in [1.807, 2.05) is 73.6 Å². The van der Waals surface area contributed by atoms with E-state index in [9.17, 15) is 22.8 Å². The van der Waals surface area contributed by atoms with E-state index in [1.54, 1.807) is 6.92 Å². The summed E-state index contributed by atoms with van der Waals surface area (Å²) in [5.74, 6) is -1.51. The molecule has 3 aromatic rings. The number of carbonyl (C=O) groups excluding carboxylic acids is 2. The van der Waals surface area contributed by atoms with Crippen LogP contribution in [0.1, 0.15) is 48.3 Å². The average molecular weight is 546 g/mol. The smallest absolute Gasteiger partial charge is 0.378 e. The van der Waals surface area contributed by atoms with Crippen LogP contribution in [0.3, 0.4) is 0 Å². The van der Waals surface area contributed by atoms with Crippen LogP contribution in [0.5, 0.6) is 0 Å². The number of halogens is 3. The minimum atomic E-state index is -4.64. The number of anilines is 2. The molecule has 2 atom stereocenters. The lowest BCUT2D eigenvalue weighted by Crippen LogP contribution is -2.37. The predicted molar refractivity (Wildman–Crippen MR) is 150 cm³/mol. The molecule has 5 nitrogen and oxygen atoms in total. The maximum absolute atomic E-state index is 13.8. The van der Waals surface area contributed by atoms with E-state index in [4.69, 9.17) is 0 Å². The van der Waals surface area contributed by atoms with Crippen LogP contribution in [0.15, 0.2) is 101 Å². The molecule has 0 saturated carbocycles. The van der Waals surface area contributed by atoms with E-state index >= 15 is 0 Å². The molecule has 8 heteroatoms. The van der Waals surface area contributed by atoms with Gasteiger partial charge in [0, 0.05) is 54.7 Å². The number of amides is 1. The van der Waals surface area contributed by atoms with Gasteiger partial charge in [0.15, 0.2) is 5.78 Å². The Morgan fingerprint density at radius 3 is 2.20 bits per heavy atom. The number of para-hydroxylation sites is 1. The highest BCUT2D eigenvalue weighted by molar-refractivity contribution is 6.10. The average Bonchev–Trinajstić information content (AvgIpc) is 2.92. The van der Waals surface area contributed by atoms with Crippen molar-refractivity contribution in [2.75, 3.05) is 24.3 Å². The molecule has 0 bridgehead atoms. The van der Waals surface area contributed by atoms with E-state index in [1.165, 1.54) is 18.2 Å². The van der Waals surface area contributed by atoms with Crippen LogP contribution in [0.25, 0.3) is 0 Å². The number of alkyl halides is 3. The van der Waals surface area contributed by atoms with Gasteiger partial charge in [-0.15, -0.1) is 0 Å². The van der Waals surface area contributed by atoms with E-state index in [-0.39, 0.29) is 29.4 Å². The molecule has 0 unspecified atom stereocenters. The monoisotopic (exact) mass is 545 g/mol. The molecule has 5 rings (SSSR count). The van der Waals surface area contributed by atoms with Crippen molar-refractivity contribution in [3.63, 3.8) is 0 Å². The maximum atomic E-state index is 13.8. The van der Waals surface area contributed by atoms with Gasteiger partial charge in [-0.3, -0.25) is 9.59 Å². The van der Waals surface area contributed by atoms with Gasteiger partial charge in [-0.05, 0) is 54.7 Å². The zero-order valence-corrected chi connectivity index (χ0v) is 22.5. The number of ketones is 1. The number of allylic oxidation sites excluding steroid dienone is 3. The van der Waals surface area contributed by atoms with Gasteiger partial charge in [0.1, 0.15) is 0 Å². The molecule has 1 aliphatic heterocycles. The molecule has 1 aliphatic carbocycles. The second-order valence-electron chi connectivity index (χ2n) is 10.4. The largest absolute Gasteiger partial charge is 0.418 e. The van der Waals surface area contributed by atoms with E-state index in [0.717, 1.165) is 28.6 Å². The fraction of sp³-hybridized carbons (Fsp3) is 0.250. The number of dihydropyridines is 1. The van der Waals surface area contributed by atoms with Gasteiger partial charge in [-0.1, -0.05) is 54.6 Å². The number of carbonyl (C=O) groups is 2. The molecular weight excluding hydrogens is 515 g/mol. The molecule has 0 spiro atoms. The van der Waals surface area contributed by atoms with Crippen LogP contribution in [-0.4, -0.2) is 25.8 Å². The quantitative estimate of drug-likeness (QED) is 0.372. The predicted octanol–water partition coefficient (Wildman–Crippen LogP) is 6.77. The number of hydrogen-bond acceptors (Lipinski definition) is 4. The summed E-state index contributed by atoms with van der Waals surface area (Å²) in [7, 11) is 3.82. The summed E-state index contributed by atoms with van der Waals surface area (Å²) in [6.45, 7) is 1.73. The Morgan fingerprint density at radius 1 is 0.900 bits per heavy atom. The van der Waals surface area contributed by atoms with E-state index in [2.05, 4.69) is 10.6 Å². The van der Waals surface area contributed by atoms with E-state index < -0.39 is 23.6 Å². The first kappa shape index (κ1) is 27.2. The van der Waals surface area contributed by atoms with Crippen molar-refractivity contribution in [3.8, 4) is 0 Å². The number of Topliss-reactive ketones (excluding diaryl/α,β-unsaturated/α-hetero) is 1. The standard InChI is InChI=1S/C32H30F3N3O2/c1-19-28(31(40)37-25-12-8-7-11-24(25)32(33,34)35)29(21-13-15-23(16-14-21)38(2)3)30-26(36-19)17-22(18-27(30)39)20-9-5-4-6-10-20/h4-16,22,29,36H,17-18H2,1-3H3,(H,37,40)/t22-,29+/m0/s1. The summed E-state index contributed by atoms with van der Waals surface area (Å²) in [6.07, 6.45) is -3.77. The van der Waals surface area contributed by atoms with Gasteiger partial charge in [0.05, 0.1) is 11.3 Å². The summed E-state index contributed by atoms with van der Waals surface area (Å²) in [5, 5.41) is 5.78. The van der Waals surface area contributed by atoms with Crippen LogP contribution >= 0.6 is 0 Å². The van der Waals surface area contributed by atoms with Crippen molar-refractivity contribution in [3.05, 3.63) is 118 Å². The van der Waals surface area contributed by atoms with Crippen LogP contribution in [0.2, 0.25) is 0 Å². The molecule has 0 aromatic heterocycles. The fourth-order valence-corrected chi connectivity index (χ4v) is 5.63. The third-order valence-electron chi connectivity index (χ3n) is 7.57. The number of hydrogen-bond donors (Lipinski definition) is 2. The molecule has 0 saturated heterocycles. The Morgan fingerprint density at radius 2 is 1.55 bits per heavy atom. The van der Waals surface area contributed by atoms with Crippen LogP contribution in [0.4, 0.5) is 24.5 Å². The molecule has 0 fully saturated rings. The van der Waals surface area contributed by atoms with Gasteiger partial charge < -0.3 is 15.5 Å². The normalized spacial score (nSPS) is 19.2. The minimum absolute atomic E-state index is 0.0152. The second-order valence-corrected chi connectivity index (χ2v) is 10.4. The van der Waals surface area contributed by atoms with Gasteiger partial charge in [-0.2, -0.15) is 13.2 Å². The summed E-state index contributed by atoms with van der Waals surface area (Å²) >= 11 is 0. The third kappa shape index (κ3) is 5.26. The fourth-order valence-electron chi connectivity index (χ4n) is 5.63. The molecule has 206 valence electrons. The number of rotatable bonds is 5. The molecule has 3 aromatic carbocycles. The lowest BCUT2D eigenvalue weighted by Gasteiger charge is -2.37. The molecular formula is C32H30F3N3O2. The zero-order chi connectivity index (χ0) is 28.6. The topological polar surface area (TPSA) is 61.4 Å². The van der Waals surface area contributed by atoms with Crippen LogP contribution < -0.4 is 15.5 Å². The summed E-state index contributed by atoms with van der Waals surface area (Å²) in [6, 6.07) is 22.3. The highest BCUT2D eigenvalue weighted by atomic mass is 19.4. The van der Waals surface area contributed by atoms with E-state index in [0.29, 0.717) is 17.7 Å². The van der Waals surface area contributed by atoms with Crippen molar-refractivity contribution in [1.29, 1.82) is 0 Å². The Labute approximate surface area is 231 Å². The number of nitrogens with zero attached hydrogens (tertiary/aromatic N) is 1. The Hall–Kier alpha value is -4.33. The molecule has 1 heterocycles. The molecule has 2 N–H and O–H groups in total. The first-order chi connectivity index (χ1) is 19.0. The van der Waals surface area contributed by atoms with Gasteiger partial charge in [-0.25, -0.2) is 0 Å². The second kappa shape index (κ2) is 10.7. The van der Waals surface area contributed by atoms with Crippen molar-refractivity contribution in [2.24, 2.45) is 0 Å². The van der Waals surface area contributed by atoms with Gasteiger partial charge >= 0.3 is 6.18 Å². The first-order valence-electron chi connectivity index (χ1n) is 13.1. The molecule has 0 radical (unpaired) electrons. The Kier molecular flexibility index (Phi) is 7.27. The van der Waals surface area contributed by atoms with Crippen LogP contribution in [0, 0.1) is 0 Å². The van der Waals surface area contributed by atoms with Crippen LogP contribution in [-0.2, 0) is 15.8 Å². The zero-order valence-electron chi connectivity index (χ0n) is 22.5. The molecule has 2 aliphatic rings. The Bertz CT molecular complexity index is 1510. The summed E-state index contributed by atoms with van der Waals surface area (Å²) in [4.78, 5) is 29.5. The third-order valence-corrected chi connectivity index (χ3v) is 7.57. The SMILES string of the molecule is CC1=C(C(=O)Nc2ccccc2C(F)(F)F)[C@@H](c2ccc(N(C)C)cc2)C2=C(C[C@H](c3ccccc3)CC2=O)N1. The highest BCUT2D eigenvalue weighted by Crippen LogP contribution is 2.46. The minimum Gasteiger partial charge on any atom is -0.378 e. The number of nitrogens with one attached hydrogen (secondary N) is 2. The van der Waals surface area contributed by atoms with Crippen molar-refractivity contribution < 1.29 is 22.8 Å². The summed E-state index contributed by atoms with van der Waals surface area (Å²) < 4.78 is 41.0. The lowest BCUT2D eigenvalue weighted by atomic mass is 9.71. The van der Waals surface area contributed by atoms with Crippen molar-refractivity contribution in [2.45, 2.75) is 37.8 Å². The number of benzene rings is 3.